The maximum Gasteiger partial charge on any atom is 0.262 e. The highest BCUT2D eigenvalue weighted by atomic mass is 32.2. The summed E-state index contributed by atoms with van der Waals surface area (Å²) in [6.45, 7) is 4.91. The van der Waals surface area contributed by atoms with Crippen molar-refractivity contribution in [1.29, 1.82) is 0 Å². The second-order valence-corrected chi connectivity index (χ2v) is 12.2. The molecule has 4 heterocycles. The summed E-state index contributed by atoms with van der Waals surface area (Å²) in [4.78, 5) is 4.43. The quantitative estimate of drug-likeness (QED) is 0.328. The largest absolute Gasteiger partial charge is 0.274 e. The number of hydrogen-bond donors (Lipinski definition) is 0. The average Bonchev–Trinajstić information content (AvgIpc) is 3.64. The SMILES string of the molecule is Cc1ccc(-n2ncc3cc(C4(Cc5ccccc5)CCN(S(=O)(=O)c5ccn(C)n5)C4)c(C)cc32)cn1. The first-order chi connectivity index (χ1) is 18.2. The molecule has 3 aromatic heterocycles. The Labute approximate surface area is 222 Å². The summed E-state index contributed by atoms with van der Waals surface area (Å²) in [5.74, 6) is 0. The van der Waals surface area contributed by atoms with Crippen LogP contribution in [0, 0.1) is 13.8 Å². The summed E-state index contributed by atoms with van der Waals surface area (Å²) in [7, 11) is -1.97. The summed E-state index contributed by atoms with van der Waals surface area (Å²) >= 11 is 0. The number of hydrogen-bond acceptors (Lipinski definition) is 5. The maximum absolute atomic E-state index is 13.5. The van der Waals surface area contributed by atoms with E-state index in [2.05, 4.69) is 46.4 Å². The predicted octanol–water partition coefficient (Wildman–Crippen LogP) is 4.35. The number of pyridine rings is 1. The van der Waals surface area contributed by atoms with Gasteiger partial charge in [-0.2, -0.15) is 14.5 Å². The van der Waals surface area contributed by atoms with E-state index in [0.29, 0.717) is 13.1 Å². The van der Waals surface area contributed by atoms with E-state index >= 15 is 0 Å². The normalized spacial score (nSPS) is 18.4. The molecule has 38 heavy (non-hydrogen) atoms. The molecule has 0 bridgehead atoms. The fraction of sp³-hybridized carbons (Fsp3) is 0.276. The Morgan fingerprint density at radius 2 is 1.82 bits per heavy atom. The molecule has 1 fully saturated rings. The Kier molecular flexibility index (Phi) is 5.92. The van der Waals surface area contributed by atoms with Gasteiger partial charge in [0, 0.05) is 42.8 Å². The number of sulfonamides is 1. The van der Waals surface area contributed by atoms with Gasteiger partial charge in [-0.3, -0.25) is 9.67 Å². The molecule has 0 amide bonds. The van der Waals surface area contributed by atoms with Crippen molar-refractivity contribution >= 4 is 20.9 Å². The molecule has 0 saturated carbocycles. The zero-order chi connectivity index (χ0) is 26.5. The molecular weight excluding hydrogens is 496 g/mol. The first kappa shape index (κ1) is 24.5. The lowest BCUT2D eigenvalue weighted by atomic mass is 9.73. The molecule has 6 rings (SSSR count). The van der Waals surface area contributed by atoms with Crippen molar-refractivity contribution in [1.82, 2.24) is 28.9 Å². The third kappa shape index (κ3) is 4.21. The topological polar surface area (TPSA) is 85.9 Å². The van der Waals surface area contributed by atoms with Crippen molar-refractivity contribution < 1.29 is 8.42 Å². The molecule has 1 atom stereocenters. The van der Waals surface area contributed by atoms with E-state index in [1.54, 1.807) is 23.6 Å². The minimum atomic E-state index is -3.70. The van der Waals surface area contributed by atoms with E-state index in [4.69, 9.17) is 0 Å². The van der Waals surface area contributed by atoms with Gasteiger partial charge in [-0.25, -0.2) is 13.1 Å². The molecule has 0 N–H and O–H groups in total. The Morgan fingerprint density at radius 3 is 2.53 bits per heavy atom. The van der Waals surface area contributed by atoms with Crippen LogP contribution < -0.4 is 0 Å². The van der Waals surface area contributed by atoms with Crippen LogP contribution in [-0.2, 0) is 28.9 Å². The molecule has 1 unspecified atom stereocenters. The number of fused-ring (bicyclic) bond motifs is 1. The molecule has 1 aliphatic heterocycles. The van der Waals surface area contributed by atoms with Gasteiger partial charge in [-0.1, -0.05) is 30.3 Å². The van der Waals surface area contributed by atoms with Crippen LogP contribution in [0.5, 0.6) is 0 Å². The summed E-state index contributed by atoms with van der Waals surface area (Å²) in [5, 5.41) is 9.98. The molecule has 5 aromatic rings. The van der Waals surface area contributed by atoms with Gasteiger partial charge >= 0.3 is 0 Å². The van der Waals surface area contributed by atoms with Crippen molar-refractivity contribution in [3.63, 3.8) is 0 Å². The molecule has 1 saturated heterocycles. The highest BCUT2D eigenvalue weighted by Gasteiger charge is 2.45. The first-order valence-corrected chi connectivity index (χ1v) is 14.1. The molecule has 1 aliphatic rings. The summed E-state index contributed by atoms with van der Waals surface area (Å²) in [5.41, 5.74) is 5.95. The van der Waals surface area contributed by atoms with E-state index in [9.17, 15) is 8.42 Å². The minimum Gasteiger partial charge on any atom is -0.274 e. The van der Waals surface area contributed by atoms with Crippen molar-refractivity contribution in [2.45, 2.75) is 37.1 Å². The van der Waals surface area contributed by atoms with Gasteiger partial charge in [0.25, 0.3) is 10.0 Å². The van der Waals surface area contributed by atoms with Crippen LogP contribution >= 0.6 is 0 Å². The first-order valence-electron chi connectivity index (χ1n) is 12.7. The summed E-state index contributed by atoms with van der Waals surface area (Å²) in [6, 6.07) is 20.3. The van der Waals surface area contributed by atoms with E-state index in [0.717, 1.165) is 46.3 Å². The molecule has 194 valence electrons. The summed E-state index contributed by atoms with van der Waals surface area (Å²) < 4.78 is 32.1. The maximum atomic E-state index is 13.5. The van der Waals surface area contributed by atoms with Crippen LogP contribution in [0.25, 0.3) is 16.6 Å². The minimum absolute atomic E-state index is 0.0932. The molecule has 2 aromatic carbocycles. The lowest BCUT2D eigenvalue weighted by molar-refractivity contribution is 0.412. The second kappa shape index (κ2) is 9.18. The van der Waals surface area contributed by atoms with Crippen molar-refractivity contribution in [2.24, 2.45) is 7.05 Å². The average molecular weight is 527 g/mol. The Bertz CT molecular complexity index is 1720. The predicted molar refractivity (Wildman–Crippen MR) is 147 cm³/mol. The number of benzene rings is 2. The highest BCUT2D eigenvalue weighted by molar-refractivity contribution is 7.89. The molecule has 0 radical (unpaired) electrons. The van der Waals surface area contributed by atoms with Crippen molar-refractivity contribution in [3.05, 3.63) is 102 Å². The molecular formula is C29H30N6O2S. The zero-order valence-corrected chi connectivity index (χ0v) is 22.6. The number of aromatic nitrogens is 5. The lowest BCUT2D eigenvalue weighted by Crippen LogP contribution is -2.36. The zero-order valence-electron chi connectivity index (χ0n) is 21.7. The number of aryl methyl sites for hydroxylation is 3. The van der Waals surface area contributed by atoms with Gasteiger partial charge in [0.15, 0.2) is 5.03 Å². The third-order valence-corrected chi connectivity index (χ3v) is 9.36. The van der Waals surface area contributed by atoms with Crippen LogP contribution in [0.1, 0.15) is 28.8 Å². The third-order valence-electron chi connectivity index (χ3n) is 7.62. The van der Waals surface area contributed by atoms with E-state index in [-0.39, 0.29) is 10.4 Å². The van der Waals surface area contributed by atoms with Crippen LogP contribution in [0.4, 0.5) is 0 Å². The van der Waals surface area contributed by atoms with Gasteiger partial charge in [0.05, 0.1) is 23.6 Å². The van der Waals surface area contributed by atoms with Gasteiger partial charge in [-0.15, -0.1) is 0 Å². The van der Waals surface area contributed by atoms with E-state index < -0.39 is 10.0 Å². The van der Waals surface area contributed by atoms with Gasteiger partial charge in [0.1, 0.15) is 0 Å². The molecule has 0 spiro atoms. The second-order valence-electron chi connectivity index (χ2n) is 10.3. The smallest absolute Gasteiger partial charge is 0.262 e. The highest BCUT2D eigenvalue weighted by Crippen LogP contribution is 2.42. The monoisotopic (exact) mass is 526 g/mol. The number of rotatable bonds is 6. The van der Waals surface area contributed by atoms with E-state index in [1.165, 1.54) is 10.2 Å². The fourth-order valence-electron chi connectivity index (χ4n) is 5.69. The molecule has 8 nitrogen and oxygen atoms in total. The molecule has 9 heteroatoms. The van der Waals surface area contributed by atoms with Crippen LogP contribution in [0.15, 0.2) is 84.3 Å². The van der Waals surface area contributed by atoms with Gasteiger partial charge in [0.2, 0.25) is 0 Å². The van der Waals surface area contributed by atoms with Crippen LogP contribution in [0.2, 0.25) is 0 Å². The summed E-state index contributed by atoms with van der Waals surface area (Å²) in [6.07, 6.45) is 6.84. The fourth-order valence-corrected chi connectivity index (χ4v) is 7.17. The van der Waals surface area contributed by atoms with Gasteiger partial charge in [-0.05, 0) is 73.7 Å². The Balaban J connectivity index is 1.44. The van der Waals surface area contributed by atoms with Crippen molar-refractivity contribution in [2.75, 3.05) is 13.1 Å². The van der Waals surface area contributed by atoms with Crippen molar-refractivity contribution in [3.8, 4) is 5.69 Å². The standard InChI is InChI=1S/C29H30N6O2S/c1-21-15-27-24(18-31-35(27)25-10-9-22(2)30-19-25)16-26(21)29(17-23-7-5-4-6-8-23)12-14-34(20-29)38(36,37)28-11-13-33(3)32-28/h4-11,13,15-16,18-19H,12,14,17,20H2,1-3H3. The van der Waals surface area contributed by atoms with Crippen LogP contribution in [-0.4, -0.2) is 50.4 Å². The van der Waals surface area contributed by atoms with E-state index in [1.807, 2.05) is 54.3 Å². The van der Waals surface area contributed by atoms with Crippen LogP contribution in [0.3, 0.4) is 0 Å². The molecule has 0 aliphatic carbocycles. The van der Waals surface area contributed by atoms with Gasteiger partial charge < -0.3 is 0 Å². The Morgan fingerprint density at radius 1 is 1.00 bits per heavy atom. The Hall–Kier alpha value is -3.82. The number of nitrogens with zero attached hydrogens (tertiary/aromatic N) is 6. The lowest BCUT2D eigenvalue weighted by Gasteiger charge is -2.32.